The Morgan fingerprint density at radius 3 is 2.35 bits per heavy atom. The van der Waals surface area contributed by atoms with Gasteiger partial charge in [0.25, 0.3) is 0 Å². The van der Waals surface area contributed by atoms with Crippen molar-refractivity contribution in [3.8, 4) is 5.75 Å². The van der Waals surface area contributed by atoms with Gasteiger partial charge in [-0.1, -0.05) is 62.2 Å². The van der Waals surface area contributed by atoms with Gasteiger partial charge >= 0.3 is 0 Å². The van der Waals surface area contributed by atoms with E-state index in [1.54, 1.807) is 0 Å². The Balaban J connectivity index is 2.05. The second kappa shape index (κ2) is 10.1. The summed E-state index contributed by atoms with van der Waals surface area (Å²) in [5.41, 5.74) is 1.25. The van der Waals surface area contributed by atoms with Crippen molar-refractivity contribution in [1.29, 1.82) is 0 Å². The monoisotopic (exact) mass is 486 g/mol. The predicted molar refractivity (Wildman–Crippen MR) is 127 cm³/mol. The Morgan fingerprint density at radius 2 is 1.77 bits per heavy atom. The molecule has 2 rings (SSSR count). The van der Waals surface area contributed by atoms with Crippen molar-refractivity contribution < 1.29 is 17.9 Å². The lowest BCUT2D eigenvalue weighted by Gasteiger charge is -2.28. The minimum absolute atomic E-state index is 0.0792. The molecule has 6 nitrogen and oxygen atoms in total. The maximum absolute atomic E-state index is 12.7. The minimum atomic E-state index is -3.75. The molecule has 170 valence electrons. The Hall–Kier alpha value is -1.96. The summed E-state index contributed by atoms with van der Waals surface area (Å²) in [5.74, 6) is 0.301. The highest BCUT2D eigenvalue weighted by atomic mass is 35.5. The number of para-hydroxylation sites is 1. The van der Waals surface area contributed by atoms with Gasteiger partial charge in [-0.25, -0.2) is 8.42 Å². The van der Waals surface area contributed by atoms with Crippen molar-refractivity contribution >= 4 is 44.8 Å². The summed E-state index contributed by atoms with van der Waals surface area (Å²) in [4.78, 5) is 12.7. The number of halogens is 2. The molecular weight excluding hydrogens is 459 g/mol. The van der Waals surface area contributed by atoms with Gasteiger partial charge in [0, 0.05) is 0 Å². The van der Waals surface area contributed by atoms with Crippen LogP contribution in [0.15, 0.2) is 42.5 Å². The molecule has 0 saturated heterocycles. The summed E-state index contributed by atoms with van der Waals surface area (Å²) in [7, 11) is -3.75. The molecule has 0 aromatic heterocycles. The van der Waals surface area contributed by atoms with Crippen LogP contribution in [-0.4, -0.2) is 39.8 Å². The van der Waals surface area contributed by atoms with Crippen molar-refractivity contribution in [3.63, 3.8) is 0 Å². The number of carbonyl (C=O) groups is 1. The molecule has 2 aromatic rings. The van der Waals surface area contributed by atoms with E-state index in [1.165, 1.54) is 25.1 Å². The average Bonchev–Trinajstić information content (AvgIpc) is 2.66. The van der Waals surface area contributed by atoms with Gasteiger partial charge in [0.2, 0.25) is 15.9 Å². The van der Waals surface area contributed by atoms with Gasteiger partial charge in [0.1, 0.15) is 18.4 Å². The summed E-state index contributed by atoms with van der Waals surface area (Å²) in [6, 6.07) is 11.2. The van der Waals surface area contributed by atoms with Crippen LogP contribution in [0, 0.1) is 0 Å². The van der Waals surface area contributed by atoms with Gasteiger partial charge in [-0.3, -0.25) is 9.10 Å². The number of anilines is 1. The van der Waals surface area contributed by atoms with Crippen LogP contribution in [0.3, 0.4) is 0 Å². The molecule has 31 heavy (non-hydrogen) atoms. The van der Waals surface area contributed by atoms with E-state index in [-0.39, 0.29) is 29.3 Å². The number of nitrogens with one attached hydrogen (secondary N) is 1. The normalized spacial score (nSPS) is 12.9. The number of ether oxygens (including phenoxy) is 1. The largest absolute Gasteiger partial charge is 0.491 e. The van der Waals surface area contributed by atoms with Crippen LogP contribution >= 0.6 is 23.2 Å². The maximum atomic E-state index is 12.7. The summed E-state index contributed by atoms with van der Waals surface area (Å²) in [6.07, 6.45) is 1.03. The highest BCUT2D eigenvalue weighted by Crippen LogP contribution is 2.31. The third-order valence-electron chi connectivity index (χ3n) is 4.60. The van der Waals surface area contributed by atoms with Gasteiger partial charge in [-0.05, 0) is 42.2 Å². The summed E-state index contributed by atoms with van der Waals surface area (Å²) >= 11 is 11.9. The van der Waals surface area contributed by atoms with Gasteiger partial charge in [-0.2, -0.15) is 0 Å². The molecule has 0 aliphatic heterocycles. The lowest BCUT2D eigenvalue weighted by molar-refractivity contribution is -0.121. The molecule has 0 fully saturated rings. The first-order valence-electron chi connectivity index (χ1n) is 9.77. The fourth-order valence-electron chi connectivity index (χ4n) is 3.13. The van der Waals surface area contributed by atoms with Crippen LogP contribution in [0.4, 0.5) is 5.69 Å². The second-order valence-corrected chi connectivity index (χ2v) is 10.9. The van der Waals surface area contributed by atoms with Crippen molar-refractivity contribution in [2.45, 2.75) is 39.2 Å². The lowest BCUT2D eigenvalue weighted by atomic mass is 9.86. The molecule has 0 spiro atoms. The van der Waals surface area contributed by atoms with Crippen molar-refractivity contribution in [1.82, 2.24) is 5.32 Å². The lowest BCUT2D eigenvalue weighted by Crippen LogP contribution is -2.48. The van der Waals surface area contributed by atoms with E-state index in [9.17, 15) is 13.2 Å². The quantitative estimate of drug-likeness (QED) is 0.551. The molecule has 0 saturated carbocycles. The molecule has 2 aromatic carbocycles. The number of hydrogen-bond donors (Lipinski definition) is 1. The van der Waals surface area contributed by atoms with Crippen LogP contribution in [0.5, 0.6) is 5.75 Å². The standard InChI is InChI=1S/C22H28Cl2N2O4S/c1-15(26(31(5,28)29)16-10-11-18(23)19(24)14-16)21(27)25-12-13-30-20-9-7-6-8-17(20)22(2,3)4/h6-11,14-15H,12-13H2,1-5H3,(H,25,27)/t15-/m0/s1. The molecule has 1 amide bonds. The predicted octanol–water partition coefficient (Wildman–Crippen LogP) is 4.64. The Labute approximate surface area is 194 Å². The highest BCUT2D eigenvalue weighted by Gasteiger charge is 2.29. The summed E-state index contributed by atoms with van der Waals surface area (Å²) in [6.45, 7) is 8.27. The van der Waals surface area contributed by atoms with Crippen LogP contribution in [-0.2, 0) is 20.2 Å². The summed E-state index contributed by atoms with van der Waals surface area (Å²) < 4.78 is 31.6. The number of hydrogen-bond acceptors (Lipinski definition) is 4. The van der Waals surface area contributed by atoms with Gasteiger partial charge in [0.15, 0.2) is 0 Å². The zero-order valence-corrected chi connectivity index (χ0v) is 20.6. The van der Waals surface area contributed by atoms with Crippen LogP contribution in [0.1, 0.15) is 33.3 Å². The van der Waals surface area contributed by atoms with Crippen molar-refractivity contribution in [2.24, 2.45) is 0 Å². The van der Waals surface area contributed by atoms with E-state index in [0.29, 0.717) is 5.02 Å². The first-order valence-corrected chi connectivity index (χ1v) is 12.4. The first kappa shape index (κ1) is 25.3. The molecule has 0 aliphatic rings. The Morgan fingerprint density at radius 1 is 1.13 bits per heavy atom. The average molecular weight is 487 g/mol. The zero-order chi connectivity index (χ0) is 23.4. The van der Waals surface area contributed by atoms with Crippen molar-refractivity contribution in [3.05, 3.63) is 58.1 Å². The molecule has 0 aliphatic carbocycles. The van der Waals surface area contributed by atoms with E-state index < -0.39 is 22.0 Å². The molecule has 1 atom stereocenters. The minimum Gasteiger partial charge on any atom is -0.491 e. The van der Waals surface area contributed by atoms with Crippen LogP contribution < -0.4 is 14.4 Å². The SMILES string of the molecule is C[C@@H](C(=O)NCCOc1ccccc1C(C)(C)C)N(c1ccc(Cl)c(Cl)c1)S(C)(=O)=O. The summed E-state index contributed by atoms with van der Waals surface area (Å²) in [5, 5.41) is 3.23. The first-order chi connectivity index (χ1) is 14.3. The third kappa shape index (κ3) is 6.76. The molecular formula is C22H28Cl2N2O4S. The van der Waals surface area contributed by atoms with Crippen molar-refractivity contribution in [2.75, 3.05) is 23.7 Å². The highest BCUT2D eigenvalue weighted by molar-refractivity contribution is 7.92. The van der Waals surface area contributed by atoms with E-state index in [1.807, 2.05) is 24.3 Å². The molecule has 0 heterocycles. The molecule has 0 bridgehead atoms. The second-order valence-electron chi connectivity index (χ2n) is 8.22. The number of benzene rings is 2. The van der Waals surface area contributed by atoms with Gasteiger partial charge in [-0.15, -0.1) is 0 Å². The molecule has 1 N–H and O–H groups in total. The van der Waals surface area contributed by atoms with E-state index in [4.69, 9.17) is 27.9 Å². The van der Waals surface area contributed by atoms with E-state index in [2.05, 4.69) is 26.1 Å². The fraction of sp³-hybridized carbons (Fsp3) is 0.409. The van der Waals surface area contributed by atoms with E-state index >= 15 is 0 Å². The number of amides is 1. The Bertz CT molecular complexity index is 1040. The maximum Gasteiger partial charge on any atom is 0.243 e. The molecule has 0 radical (unpaired) electrons. The molecule has 9 heteroatoms. The number of carbonyl (C=O) groups excluding carboxylic acids is 1. The van der Waals surface area contributed by atoms with Gasteiger partial charge in [0.05, 0.1) is 28.5 Å². The number of nitrogens with zero attached hydrogens (tertiary/aromatic N) is 1. The fourth-order valence-corrected chi connectivity index (χ4v) is 4.58. The number of rotatable bonds is 8. The van der Waals surface area contributed by atoms with Crippen LogP contribution in [0.2, 0.25) is 10.0 Å². The van der Waals surface area contributed by atoms with E-state index in [0.717, 1.165) is 21.9 Å². The van der Waals surface area contributed by atoms with Crippen LogP contribution in [0.25, 0.3) is 0 Å². The zero-order valence-electron chi connectivity index (χ0n) is 18.3. The smallest absolute Gasteiger partial charge is 0.243 e. The topological polar surface area (TPSA) is 75.7 Å². The number of sulfonamides is 1. The van der Waals surface area contributed by atoms with Gasteiger partial charge < -0.3 is 10.1 Å². The molecule has 0 unspecified atom stereocenters. The Kier molecular flexibility index (Phi) is 8.25. The third-order valence-corrected chi connectivity index (χ3v) is 6.58.